The summed E-state index contributed by atoms with van der Waals surface area (Å²) in [4.78, 5) is 7.31. The van der Waals surface area contributed by atoms with Gasteiger partial charge in [-0.3, -0.25) is 0 Å². The number of rotatable bonds is 1. The SMILES string of the molecule is Cc1c2c(cc3occc13)Oc1c(C3CC4CCC3C4)sc3nc[n+](C)c-2c13. The maximum Gasteiger partial charge on any atom is 0.288 e. The fourth-order valence-corrected chi connectivity index (χ4v) is 7.32. The van der Waals surface area contributed by atoms with E-state index in [2.05, 4.69) is 24.6 Å². The van der Waals surface area contributed by atoms with Crippen LogP contribution < -0.4 is 9.30 Å². The molecule has 1 aromatic carbocycles. The third kappa shape index (κ3) is 1.81. The first-order chi connectivity index (χ1) is 13.7. The Morgan fingerprint density at radius 3 is 3.00 bits per heavy atom. The smallest absolute Gasteiger partial charge is 0.288 e. The molecule has 3 aliphatic rings. The fourth-order valence-electron chi connectivity index (χ4n) is 6.05. The van der Waals surface area contributed by atoms with Crippen molar-refractivity contribution in [3.8, 4) is 22.8 Å². The van der Waals surface area contributed by atoms with Gasteiger partial charge in [0.25, 0.3) is 6.33 Å². The molecule has 0 saturated heterocycles. The maximum absolute atomic E-state index is 6.65. The average Bonchev–Trinajstić information content (AvgIpc) is 3.47. The minimum absolute atomic E-state index is 0.640. The molecule has 0 spiro atoms. The lowest BCUT2D eigenvalue weighted by Gasteiger charge is -2.24. The Morgan fingerprint density at radius 2 is 2.18 bits per heavy atom. The molecule has 0 radical (unpaired) electrons. The number of thiophene rings is 1. The predicted molar refractivity (Wildman–Crippen MR) is 109 cm³/mol. The summed E-state index contributed by atoms with van der Waals surface area (Å²) in [5.74, 6) is 4.36. The Balaban J connectivity index is 1.55. The second-order valence-electron chi connectivity index (χ2n) is 8.77. The third-order valence-corrected chi connectivity index (χ3v) is 8.53. The van der Waals surface area contributed by atoms with Gasteiger partial charge in [0, 0.05) is 17.4 Å². The first-order valence-corrected chi connectivity index (χ1v) is 11.0. The highest BCUT2D eigenvalue weighted by atomic mass is 32.1. The molecule has 0 N–H and O–H groups in total. The van der Waals surface area contributed by atoms with Crippen molar-refractivity contribution in [1.29, 1.82) is 0 Å². The standard InChI is InChI=1S/C23H21N2O2S/c1-11-14-5-6-26-16(14)9-17-18(11)20-19-21(27-17)22(28-23(19)24-10-25(20)2)15-8-12-3-4-13(15)7-12/h5-6,9-10,12-13,15H,3-4,7-8H2,1-2H3/q+1. The molecular weight excluding hydrogens is 368 g/mol. The molecule has 4 nitrogen and oxygen atoms in total. The quantitative estimate of drug-likeness (QED) is 0.338. The molecular formula is C23H21N2O2S+. The van der Waals surface area contributed by atoms with Crippen LogP contribution in [0.5, 0.6) is 11.5 Å². The minimum atomic E-state index is 0.640. The van der Waals surface area contributed by atoms with E-state index in [4.69, 9.17) is 14.1 Å². The summed E-state index contributed by atoms with van der Waals surface area (Å²) in [6.07, 6.45) is 9.23. The summed E-state index contributed by atoms with van der Waals surface area (Å²) in [5.41, 5.74) is 4.51. The minimum Gasteiger partial charge on any atom is -0.464 e. The van der Waals surface area contributed by atoms with Crippen molar-refractivity contribution in [2.45, 2.75) is 38.5 Å². The summed E-state index contributed by atoms with van der Waals surface area (Å²) < 4.78 is 14.5. The van der Waals surface area contributed by atoms with Crippen molar-refractivity contribution in [2.24, 2.45) is 18.9 Å². The number of benzene rings is 1. The summed E-state index contributed by atoms with van der Waals surface area (Å²) in [7, 11) is 2.09. The van der Waals surface area contributed by atoms with Crippen LogP contribution in [0.3, 0.4) is 0 Å². The summed E-state index contributed by atoms with van der Waals surface area (Å²) in [5, 5.41) is 2.35. The van der Waals surface area contributed by atoms with Crippen LogP contribution in [-0.2, 0) is 7.05 Å². The van der Waals surface area contributed by atoms with Gasteiger partial charge in [0.15, 0.2) is 11.4 Å². The molecule has 28 heavy (non-hydrogen) atoms. The summed E-state index contributed by atoms with van der Waals surface area (Å²) >= 11 is 1.86. The zero-order chi connectivity index (χ0) is 18.6. The maximum atomic E-state index is 6.65. The van der Waals surface area contributed by atoms with E-state index in [0.29, 0.717) is 5.92 Å². The van der Waals surface area contributed by atoms with Gasteiger partial charge < -0.3 is 9.15 Å². The van der Waals surface area contributed by atoms with Gasteiger partial charge in [-0.2, -0.15) is 0 Å². The Hall–Kier alpha value is -2.40. The van der Waals surface area contributed by atoms with Crippen LogP contribution >= 0.6 is 11.3 Å². The molecule has 140 valence electrons. The van der Waals surface area contributed by atoms with Crippen LogP contribution in [0.1, 0.15) is 42.0 Å². The third-order valence-electron chi connectivity index (χ3n) is 7.32. The van der Waals surface area contributed by atoms with E-state index < -0.39 is 0 Å². The molecule has 0 amide bonds. The van der Waals surface area contributed by atoms with E-state index in [1.807, 2.05) is 23.7 Å². The van der Waals surface area contributed by atoms with Crippen molar-refractivity contribution in [3.63, 3.8) is 0 Å². The van der Waals surface area contributed by atoms with Gasteiger partial charge >= 0.3 is 0 Å². The summed E-state index contributed by atoms with van der Waals surface area (Å²) in [6.45, 7) is 2.17. The van der Waals surface area contributed by atoms with Gasteiger partial charge in [-0.25, -0.2) is 4.57 Å². The first kappa shape index (κ1) is 15.5. The average molecular weight is 390 g/mol. The number of furan rings is 1. The van der Waals surface area contributed by atoms with Crippen molar-refractivity contribution in [3.05, 3.63) is 35.2 Å². The van der Waals surface area contributed by atoms with Crippen LogP contribution in [-0.4, -0.2) is 4.98 Å². The van der Waals surface area contributed by atoms with Crippen LogP contribution in [0.4, 0.5) is 0 Å². The van der Waals surface area contributed by atoms with Gasteiger partial charge in [-0.1, -0.05) is 17.8 Å². The van der Waals surface area contributed by atoms with E-state index in [1.54, 1.807) is 6.26 Å². The molecule has 2 bridgehead atoms. The number of hydrogen-bond acceptors (Lipinski definition) is 4. The lowest BCUT2D eigenvalue weighted by molar-refractivity contribution is -0.662. The molecule has 7 rings (SSSR count). The largest absolute Gasteiger partial charge is 0.464 e. The molecule has 4 aromatic rings. The second-order valence-corrected chi connectivity index (χ2v) is 9.80. The zero-order valence-electron chi connectivity index (χ0n) is 16.0. The fraction of sp³-hybridized carbons (Fsp3) is 0.391. The number of nitrogens with zero attached hydrogens (tertiary/aromatic N) is 2. The number of aromatic nitrogens is 2. The number of ether oxygens (including phenoxy) is 1. The number of aryl methyl sites for hydroxylation is 2. The van der Waals surface area contributed by atoms with Gasteiger partial charge in [0.2, 0.25) is 4.83 Å². The molecule has 3 atom stereocenters. The van der Waals surface area contributed by atoms with Crippen molar-refractivity contribution in [1.82, 2.24) is 4.98 Å². The van der Waals surface area contributed by atoms with Crippen LogP contribution in [0, 0.1) is 18.8 Å². The molecule has 5 heteroatoms. The number of hydrogen-bond donors (Lipinski definition) is 0. The first-order valence-electron chi connectivity index (χ1n) is 10.2. The van der Waals surface area contributed by atoms with Crippen molar-refractivity contribution >= 4 is 32.5 Å². The lowest BCUT2D eigenvalue weighted by atomic mass is 9.86. The van der Waals surface area contributed by atoms with E-state index >= 15 is 0 Å². The van der Waals surface area contributed by atoms with Crippen LogP contribution in [0.25, 0.3) is 32.4 Å². The molecule has 2 aliphatic carbocycles. The van der Waals surface area contributed by atoms with Crippen LogP contribution in [0.15, 0.2) is 29.1 Å². The molecule has 1 aliphatic heterocycles. The van der Waals surface area contributed by atoms with Crippen molar-refractivity contribution in [2.75, 3.05) is 0 Å². The monoisotopic (exact) mass is 389 g/mol. The highest BCUT2D eigenvalue weighted by Crippen LogP contribution is 2.60. The molecule has 3 unspecified atom stereocenters. The highest BCUT2D eigenvalue weighted by Gasteiger charge is 2.44. The summed E-state index contributed by atoms with van der Waals surface area (Å²) in [6, 6.07) is 4.11. The van der Waals surface area contributed by atoms with E-state index in [0.717, 1.165) is 39.1 Å². The lowest BCUT2D eigenvalue weighted by Crippen LogP contribution is -2.32. The Kier molecular flexibility index (Phi) is 2.85. The van der Waals surface area contributed by atoms with Gasteiger partial charge in [0.1, 0.15) is 16.7 Å². The number of fused-ring (bicyclic) bond motifs is 5. The van der Waals surface area contributed by atoms with Gasteiger partial charge in [-0.05, 0) is 54.6 Å². The van der Waals surface area contributed by atoms with Crippen molar-refractivity contribution < 1.29 is 13.7 Å². The molecule has 4 heterocycles. The Labute approximate surface area is 166 Å². The molecule has 2 fully saturated rings. The topological polar surface area (TPSA) is 39.1 Å². The van der Waals surface area contributed by atoms with E-state index in [1.165, 1.54) is 52.8 Å². The van der Waals surface area contributed by atoms with E-state index in [9.17, 15) is 0 Å². The predicted octanol–water partition coefficient (Wildman–Crippen LogP) is 5.85. The molecule has 2 saturated carbocycles. The zero-order valence-corrected chi connectivity index (χ0v) is 16.8. The van der Waals surface area contributed by atoms with Crippen LogP contribution in [0.2, 0.25) is 0 Å². The van der Waals surface area contributed by atoms with Gasteiger partial charge in [0.05, 0.1) is 23.8 Å². The Bertz CT molecular complexity index is 1300. The molecule has 3 aromatic heterocycles. The highest BCUT2D eigenvalue weighted by molar-refractivity contribution is 7.19. The second kappa shape index (κ2) is 5.15. The normalized spacial score (nSPS) is 24.9. The van der Waals surface area contributed by atoms with E-state index in [-0.39, 0.29) is 0 Å². The van der Waals surface area contributed by atoms with Gasteiger partial charge in [-0.15, -0.1) is 0 Å². The Morgan fingerprint density at radius 1 is 1.25 bits per heavy atom.